The van der Waals surface area contributed by atoms with E-state index in [0.29, 0.717) is 37.6 Å². The van der Waals surface area contributed by atoms with Crippen LogP contribution in [0.15, 0.2) is 48.0 Å². The van der Waals surface area contributed by atoms with Crippen LogP contribution in [0.3, 0.4) is 0 Å². The monoisotopic (exact) mass is 410 g/mol. The average Bonchev–Trinajstić information content (AvgIpc) is 3.15. The molecule has 3 aromatic rings. The lowest BCUT2D eigenvalue weighted by Gasteiger charge is -2.34. The van der Waals surface area contributed by atoms with Crippen LogP contribution in [-0.2, 0) is 11.3 Å². The molecule has 0 aliphatic carbocycles. The molecule has 9 heteroatoms. The summed E-state index contributed by atoms with van der Waals surface area (Å²) in [5.74, 6) is 0.258. The van der Waals surface area contributed by atoms with Crippen molar-refractivity contribution in [2.75, 3.05) is 31.9 Å². The molecule has 8 nitrogen and oxygen atoms in total. The van der Waals surface area contributed by atoms with Crippen molar-refractivity contribution < 1.29 is 9.59 Å². The molecule has 1 aromatic carbocycles. The maximum Gasteiger partial charge on any atom is 0.274 e. The van der Waals surface area contributed by atoms with Gasteiger partial charge < -0.3 is 14.4 Å². The van der Waals surface area contributed by atoms with Crippen LogP contribution in [0.2, 0.25) is 0 Å². The summed E-state index contributed by atoms with van der Waals surface area (Å²) in [6.07, 6.45) is 4.52. The molecule has 2 aromatic heterocycles. The Hall–Kier alpha value is -2.94. The van der Waals surface area contributed by atoms with E-state index < -0.39 is 0 Å². The highest BCUT2D eigenvalue weighted by atomic mass is 32.2. The van der Waals surface area contributed by atoms with Gasteiger partial charge in [-0.2, -0.15) is 0 Å². The second-order valence-corrected chi connectivity index (χ2v) is 7.62. The number of thioether (sulfide) groups is 1. The first kappa shape index (κ1) is 19.4. The van der Waals surface area contributed by atoms with E-state index in [2.05, 4.69) is 26.4 Å². The van der Waals surface area contributed by atoms with Gasteiger partial charge in [0.15, 0.2) is 5.16 Å². The third kappa shape index (κ3) is 4.09. The molecule has 1 aliphatic rings. The molecular formula is C20H22N6O2S. The number of nitrogens with zero attached hydrogens (tertiary/aromatic N) is 6. The van der Waals surface area contributed by atoms with E-state index in [1.165, 1.54) is 30.4 Å². The van der Waals surface area contributed by atoms with Gasteiger partial charge in [0, 0.05) is 45.1 Å². The van der Waals surface area contributed by atoms with Gasteiger partial charge >= 0.3 is 0 Å². The highest BCUT2D eigenvalue weighted by molar-refractivity contribution is 7.99. The lowest BCUT2D eigenvalue weighted by molar-refractivity contribution is -0.129. The summed E-state index contributed by atoms with van der Waals surface area (Å²) in [7, 11) is 0. The summed E-state index contributed by atoms with van der Waals surface area (Å²) in [5, 5.41) is 0.860. The van der Waals surface area contributed by atoms with Crippen LogP contribution in [0.25, 0.3) is 11.0 Å². The van der Waals surface area contributed by atoms with Crippen LogP contribution in [0.5, 0.6) is 0 Å². The van der Waals surface area contributed by atoms with E-state index in [4.69, 9.17) is 0 Å². The van der Waals surface area contributed by atoms with Crippen molar-refractivity contribution in [2.45, 2.75) is 18.6 Å². The molecule has 0 N–H and O–H groups in total. The SMILES string of the molecule is CCn1c(SCC(=O)N2CCN(C(=O)c3cnccn3)CC2)nc2ccccc21. The van der Waals surface area contributed by atoms with Crippen LogP contribution in [0.4, 0.5) is 0 Å². The molecule has 1 saturated heterocycles. The van der Waals surface area contributed by atoms with E-state index in [-0.39, 0.29) is 11.8 Å². The lowest BCUT2D eigenvalue weighted by Crippen LogP contribution is -2.51. The number of aromatic nitrogens is 4. The summed E-state index contributed by atoms with van der Waals surface area (Å²) in [6.45, 7) is 4.93. The second kappa shape index (κ2) is 8.60. The zero-order valence-corrected chi connectivity index (χ0v) is 17.0. The quantitative estimate of drug-likeness (QED) is 0.598. The lowest BCUT2D eigenvalue weighted by atomic mass is 10.3. The van der Waals surface area contributed by atoms with Crippen LogP contribution in [0, 0.1) is 0 Å². The number of imidazole rings is 1. The van der Waals surface area contributed by atoms with Crippen LogP contribution in [0.1, 0.15) is 17.4 Å². The van der Waals surface area contributed by atoms with Gasteiger partial charge in [-0.1, -0.05) is 23.9 Å². The standard InChI is InChI=1S/C20H22N6O2S/c1-2-26-17-6-4-3-5-15(17)23-20(26)29-14-18(27)24-9-11-25(12-10-24)19(28)16-13-21-7-8-22-16/h3-8,13H,2,9-12,14H2,1H3. The molecule has 150 valence electrons. The van der Waals surface area contributed by atoms with E-state index >= 15 is 0 Å². The Morgan fingerprint density at radius 2 is 1.83 bits per heavy atom. The number of piperazine rings is 1. The summed E-state index contributed by atoms with van der Waals surface area (Å²) in [4.78, 5) is 41.3. The van der Waals surface area contributed by atoms with Crippen LogP contribution >= 0.6 is 11.8 Å². The van der Waals surface area contributed by atoms with Crippen molar-refractivity contribution >= 4 is 34.6 Å². The molecule has 0 atom stereocenters. The Balaban J connectivity index is 1.33. The minimum Gasteiger partial charge on any atom is -0.338 e. The molecule has 2 amide bonds. The van der Waals surface area contributed by atoms with Gasteiger partial charge in [-0.15, -0.1) is 0 Å². The smallest absolute Gasteiger partial charge is 0.274 e. The molecular weight excluding hydrogens is 388 g/mol. The van der Waals surface area contributed by atoms with Gasteiger partial charge in [-0.25, -0.2) is 9.97 Å². The maximum atomic E-state index is 12.7. The molecule has 0 unspecified atom stereocenters. The fourth-order valence-electron chi connectivity index (χ4n) is 3.42. The van der Waals surface area contributed by atoms with Crippen molar-refractivity contribution in [3.05, 3.63) is 48.5 Å². The Morgan fingerprint density at radius 1 is 1.07 bits per heavy atom. The fourth-order valence-corrected chi connectivity index (χ4v) is 4.40. The number of hydrogen-bond acceptors (Lipinski definition) is 6. The number of rotatable bonds is 5. The number of hydrogen-bond donors (Lipinski definition) is 0. The molecule has 3 heterocycles. The van der Waals surface area contributed by atoms with Gasteiger partial charge in [0.25, 0.3) is 5.91 Å². The predicted octanol–water partition coefficient (Wildman–Crippen LogP) is 1.92. The number of aryl methyl sites for hydroxylation is 1. The Morgan fingerprint density at radius 3 is 2.55 bits per heavy atom. The third-order valence-corrected chi connectivity index (χ3v) is 5.92. The number of carbonyl (C=O) groups is 2. The van der Waals surface area contributed by atoms with Gasteiger partial charge in [-0.3, -0.25) is 14.6 Å². The topological polar surface area (TPSA) is 84.2 Å². The first-order valence-electron chi connectivity index (χ1n) is 9.58. The van der Waals surface area contributed by atoms with Crippen LogP contribution in [-0.4, -0.2) is 73.1 Å². The van der Waals surface area contributed by atoms with Crippen molar-refractivity contribution in [1.82, 2.24) is 29.3 Å². The van der Waals surface area contributed by atoms with E-state index in [9.17, 15) is 9.59 Å². The predicted molar refractivity (Wildman–Crippen MR) is 111 cm³/mol. The van der Waals surface area contributed by atoms with Gasteiger partial charge in [0.1, 0.15) is 5.69 Å². The molecule has 1 fully saturated rings. The Bertz CT molecular complexity index is 1010. The molecule has 0 spiro atoms. The number of para-hydroxylation sites is 2. The number of benzene rings is 1. The van der Waals surface area contributed by atoms with E-state index in [0.717, 1.165) is 22.7 Å². The van der Waals surface area contributed by atoms with Crippen molar-refractivity contribution in [3.8, 4) is 0 Å². The molecule has 1 aliphatic heterocycles. The van der Waals surface area contributed by atoms with Gasteiger partial charge in [0.05, 0.1) is 23.0 Å². The number of fused-ring (bicyclic) bond motifs is 1. The van der Waals surface area contributed by atoms with Crippen molar-refractivity contribution in [2.24, 2.45) is 0 Å². The molecule has 0 saturated carbocycles. The molecule has 4 rings (SSSR count). The van der Waals surface area contributed by atoms with Gasteiger partial charge in [-0.05, 0) is 19.1 Å². The molecule has 0 radical (unpaired) electrons. The van der Waals surface area contributed by atoms with E-state index in [1.807, 2.05) is 29.2 Å². The summed E-state index contributed by atoms with van der Waals surface area (Å²) < 4.78 is 2.13. The number of carbonyl (C=O) groups excluding carboxylic acids is 2. The van der Waals surface area contributed by atoms with Crippen molar-refractivity contribution in [3.63, 3.8) is 0 Å². The minimum atomic E-state index is -0.142. The van der Waals surface area contributed by atoms with E-state index in [1.54, 1.807) is 4.90 Å². The molecule has 29 heavy (non-hydrogen) atoms. The number of amides is 2. The highest BCUT2D eigenvalue weighted by Gasteiger charge is 2.26. The first-order valence-corrected chi connectivity index (χ1v) is 10.6. The summed E-state index contributed by atoms with van der Waals surface area (Å²) in [6, 6.07) is 8.00. The second-order valence-electron chi connectivity index (χ2n) is 6.68. The van der Waals surface area contributed by atoms with Crippen LogP contribution < -0.4 is 0 Å². The first-order chi connectivity index (χ1) is 14.2. The Labute approximate surface area is 172 Å². The average molecular weight is 411 g/mol. The molecule has 0 bridgehead atoms. The minimum absolute atomic E-state index is 0.0660. The summed E-state index contributed by atoms with van der Waals surface area (Å²) in [5.41, 5.74) is 2.36. The largest absolute Gasteiger partial charge is 0.338 e. The Kier molecular flexibility index (Phi) is 5.75. The highest BCUT2D eigenvalue weighted by Crippen LogP contribution is 2.24. The van der Waals surface area contributed by atoms with Gasteiger partial charge in [0.2, 0.25) is 5.91 Å². The summed E-state index contributed by atoms with van der Waals surface area (Å²) >= 11 is 1.46. The zero-order valence-electron chi connectivity index (χ0n) is 16.2. The maximum absolute atomic E-state index is 12.7. The van der Waals surface area contributed by atoms with Crippen molar-refractivity contribution in [1.29, 1.82) is 0 Å². The fraction of sp³-hybridized carbons (Fsp3) is 0.350. The zero-order chi connectivity index (χ0) is 20.2. The normalized spacial score (nSPS) is 14.4. The third-order valence-electron chi connectivity index (χ3n) is 4.96.